The second-order valence-electron chi connectivity index (χ2n) is 3.26. The van der Waals surface area contributed by atoms with Crippen LogP contribution >= 0.6 is 15.9 Å². The minimum atomic E-state index is -2.77. The Morgan fingerprint density at radius 1 is 1.65 bits per heavy atom. The third-order valence-corrected chi connectivity index (χ3v) is 2.72. The summed E-state index contributed by atoms with van der Waals surface area (Å²) in [7, 11) is 1.19. The third-order valence-electron chi connectivity index (χ3n) is 2.14. The van der Waals surface area contributed by atoms with Crippen LogP contribution in [0.2, 0.25) is 0 Å². The summed E-state index contributed by atoms with van der Waals surface area (Å²) in [5, 5.41) is 0.370. The molecule has 4 nitrogen and oxygen atoms in total. The molecule has 1 aromatic heterocycles. The van der Waals surface area contributed by atoms with Crippen LogP contribution in [0.3, 0.4) is 0 Å². The number of hydrogen-bond acceptors (Lipinski definition) is 4. The Balaban J connectivity index is 3.22. The molecule has 0 bridgehead atoms. The second kappa shape index (κ2) is 5.90. The number of hydrogen-bond donors (Lipinski definition) is 1. The number of halogens is 3. The standard InChI is InChI=1S/C10H11BrF2N2O2/c1-17-7(16)3-5-2-6(4-11)15-10(14)8(5)9(12)13/h2,9H,3-4H2,1H3,(H2,14,15). The highest BCUT2D eigenvalue weighted by atomic mass is 79.9. The first-order valence-electron chi connectivity index (χ1n) is 4.68. The average molecular weight is 309 g/mol. The number of pyridine rings is 1. The maximum atomic E-state index is 12.8. The van der Waals surface area contributed by atoms with E-state index in [1.165, 1.54) is 13.2 Å². The second-order valence-corrected chi connectivity index (χ2v) is 3.82. The summed E-state index contributed by atoms with van der Waals surface area (Å²) in [6.07, 6.45) is -3.02. The SMILES string of the molecule is COC(=O)Cc1cc(CBr)nc(N)c1C(F)F. The van der Waals surface area contributed by atoms with Crippen molar-refractivity contribution in [2.24, 2.45) is 0 Å². The van der Waals surface area contributed by atoms with Crippen molar-refractivity contribution < 1.29 is 18.3 Å². The quantitative estimate of drug-likeness (QED) is 0.684. The van der Waals surface area contributed by atoms with Gasteiger partial charge in [0.2, 0.25) is 0 Å². The molecular formula is C10H11BrF2N2O2. The van der Waals surface area contributed by atoms with Crippen molar-refractivity contribution >= 4 is 27.7 Å². The molecule has 0 aliphatic rings. The lowest BCUT2D eigenvalue weighted by molar-refractivity contribution is -0.139. The van der Waals surface area contributed by atoms with Crippen molar-refractivity contribution in [3.8, 4) is 0 Å². The van der Waals surface area contributed by atoms with Crippen molar-refractivity contribution in [3.63, 3.8) is 0 Å². The lowest BCUT2D eigenvalue weighted by atomic mass is 10.1. The van der Waals surface area contributed by atoms with Crippen molar-refractivity contribution in [1.29, 1.82) is 0 Å². The monoisotopic (exact) mass is 308 g/mol. The normalized spacial score (nSPS) is 10.6. The minimum Gasteiger partial charge on any atom is -0.469 e. The highest BCUT2D eigenvalue weighted by Gasteiger charge is 2.20. The molecule has 0 radical (unpaired) electrons. The Morgan fingerprint density at radius 2 is 2.29 bits per heavy atom. The lowest BCUT2D eigenvalue weighted by Gasteiger charge is -2.11. The number of ether oxygens (including phenoxy) is 1. The van der Waals surface area contributed by atoms with Crippen LogP contribution in [0.15, 0.2) is 6.07 Å². The summed E-state index contributed by atoms with van der Waals surface area (Å²) >= 11 is 3.15. The van der Waals surface area contributed by atoms with Gasteiger partial charge >= 0.3 is 5.97 Å². The number of methoxy groups -OCH3 is 1. The maximum absolute atomic E-state index is 12.8. The van der Waals surface area contributed by atoms with Gasteiger partial charge in [-0.15, -0.1) is 0 Å². The number of anilines is 1. The van der Waals surface area contributed by atoms with Gasteiger partial charge in [0.25, 0.3) is 6.43 Å². The maximum Gasteiger partial charge on any atom is 0.309 e. The molecule has 0 aromatic carbocycles. The highest BCUT2D eigenvalue weighted by molar-refractivity contribution is 9.08. The minimum absolute atomic E-state index is 0.147. The third kappa shape index (κ3) is 3.36. The Hall–Kier alpha value is -1.24. The predicted molar refractivity (Wildman–Crippen MR) is 62.0 cm³/mol. The van der Waals surface area contributed by atoms with Gasteiger partial charge < -0.3 is 10.5 Å². The largest absolute Gasteiger partial charge is 0.469 e. The van der Waals surface area contributed by atoms with Crippen molar-refractivity contribution in [2.75, 3.05) is 12.8 Å². The van der Waals surface area contributed by atoms with Gasteiger partial charge in [-0.3, -0.25) is 4.79 Å². The van der Waals surface area contributed by atoms with E-state index >= 15 is 0 Å². The molecule has 0 aliphatic carbocycles. The Labute approximate surface area is 105 Å². The van der Waals surface area contributed by atoms with Gasteiger partial charge in [-0.2, -0.15) is 0 Å². The van der Waals surface area contributed by atoms with Crippen LogP contribution in [0.5, 0.6) is 0 Å². The van der Waals surface area contributed by atoms with Gasteiger partial charge in [0.15, 0.2) is 0 Å². The van der Waals surface area contributed by atoms with Crippen LogP contribution in [0, 0.1) is 0 Å². The van der Waals surface area contributed by atoms with Gasteiger partial charge in [0, 0.05) is 5.33 Å². The molecule has 0 fully saturated rings. The number of esters is 1. The van der Waals surface area contributed by atoms with Crippen LogP contribution in [-0.2, 0) is 21.3 Å². The fourth-order valence-corrected chi connectivity index (χ4v) is 1.67. The predicted octanol–water partition coefficient (Wildman–Crippen LogP) is 2.21. The van der Waals surface area contributed by atoms with Crippen LogP contribution < -0.4 is 5.73 Å². The number of nitrogens with two attached hydrogens (primary N) is 1. The van der Waals surface area contributed by atoms with E-state index in [2.05, 4.69) is 25.7 Å². The van der Waals surface area contributed by atoms with Crippen LogP contribution in [0.1, 0.15) is 23.2 Å². The van der Waals surface area contributed by atoms with E-state index in [9.17, 15) is 13.6 Å². The first-order valence-corrected chi connectivity index (χ1v) is 5.80. The van der Waals surface area contributed by atoms with E-state index in [0.717, 1.165) is 0 Å². The number of carbonyl (C=O) groups is 1. The first kappa shape index (κ1) is 13.8. The summed E-state index contributed by atoms with van der Waals surface area (Å²) in [5.74, 6) is -0.853. The molecule has 1 aromatic rings. The Bertz CT molecular complexity index is 427. The molecule has 0 amide bonds. The molecule has 0 aliphatic heterocycles. The zero-order valence-corrected chi connectivity index (χ0v) is 10.6. The number of nitrogen functional groups attached to an aromatic ring is 1. The number of nitrogens with zero attached hydrogens (tertiary/aromatic N) is 1. The van der Waals surface area contributed by atoms with Gasteiger partial charge in [-0.25, -0.2) is 13.8 Å². The Kier molecular flexibility index (Phi) is 4.80. The van der Waals surface area contributed by atoms with Gasteiger partial charge in [-0.05, 0) is 11.6 Å². The molecule has 0 unspecified atom stereocenters. The zero-order chi connectivity index (χ0) is 13.0. The molecule has 17 heavy (non-hydrogen) atoms. The van der Waals surface area contributed by atoms with E-state index in [1.54, 1.807) is 0 Å². The summed E-state index contributed by atoms with van der Waals surface area (Å²) < 4.78 is 30.0. The average Bonchev–Trinajstić information content (AvgIpc) is 2.27. The van der Waals surface area contributed by atoms with E-state index in [0.29, 0.717) is 11.0 Å². The highest BCUT2D eigenvalue weighted by Crippen LogP contribution is 2.29. The van der Waals surface area contributed by atoms with Gasteiger partial charge in [-0.1, -0.05) is 15.9 Å². The van der Waals surface area contributed by atoms with E-state index in [-0.39, 0.29) is 17.8 Å². The van der Waals surface area contributed by atoms with E-state index in [4.69, 9.17) is 5.73 Å². The van der Waals surface area contributed by atoms with Crippen LogP contribution in [0.25, 0.3) is 0 Å². The van der Waals surface area contributed by atoms with Crippen LogP contribution in [-0.4, -0.2) is 18.1 Å². The molecular weight excluding hydrogens is 298 g/mol. The van der Waals surface area contributed by atoms with Crippen LogP contribution in [0.4, 0.5) is 14.6 Å². The number of alkyl halides is 3. The summed E-state index contributed by atoms with van der Waals surface area (Å²) in [6, 6.07) is 1.42. The molecule has 0 saturated carbocycles. The number of rotatable bonds is 4. The van der Waals surface area contributed by atoms with E-state index in [1.807, 2.05) is 0 Å². The first-order chi connectivity index (χ1) is 7.99. The molecule has 0 spiro atoms. The Morgan fingerprint density at radius 3 is 2.76 bits per heavy atom. The summed E-state index contributed by atoms with van der Waals surface area (Å²) in [6.45, 7) is 0. The van der Waals surface area contributed by atoms with Crippen molar-refractivity contribution in [3.05, 3.63) is 22.9 Å². The zero-order valence-electron chi connectivity index (χ0n) is 9.04. The number of aromatic nitrogens is 1. The molecule has 1 rings (SSSR count). The van der Waals surface area contributed by atoms with Crippen molar-refractivity contribution in [1.82, 2.24) is 4.98 Å². The van der Waals surface area contributed by atoms with E-state index < -0.39 is 18.0 Å². The topological polar surface area (TPSA) is 65.2 Å². The van der Waals surface area contributed by atoms with Gasteiger partial charge in [0.05, 0.1) is 24.8 Å². The fraction of sp³-hybridized carbons (Fsp3) is 0.400. The smallest absolute Gasteiger partial charge is 0.309 e. The summed E-state index contributed by atoms with van der Waals surface area (Å²) in [5.41, 5.74) is 5.69. The molecule has 2 N–H and O–H groups in total. The van der Waals surface area contributed by atoms with Crippen molar-refractivity contribution in [2.45, 2.75) is 18.2 Å². The summed E-state index contributed by atoms with van der Waals surface area (Å²) in [4.78, 5) is 14.9. The molecule has 0 atom stereocenters. The number of carbonyl (C=O) groups excluding carboxylic acids is 1. The molecule has 7 heteroatoms. The lowest BCUT2D eigenvalue weighted by Crippen LogP contribution is -2.11. The molecule has 0 saturated heterocycles. The van der Waals surface area contributed by atoms with Gasteiger partial charge in [0.1, 0.15) is 5.82 Å². The fourth-order valence-electron chi connectivity index (χ4n) is 1.38. The molecule has 1 heterocycles. The molecule has 94 valence electrons.